The zero-order chi connectivity index (χ0) is 16.2. The Labute approximate surface area is 136 Å². The van der Waals surface area contributed by atoms with Crippen LogP contribution in [-0.2, 0) is 13.5 Å². The normalized spacial score (nSPS) is 17.5. The summed E-state index contributed by atoms with van der Waals surface area (Å²) in [5.74, 6) is 2.13. The van der Waals surface area contributed by atoms with Crippen molar-refractivity contribution in [3.63, 3.8) is 0 Å². The number of anilines is 1. The van der Waals surface area contributed by atoms with E-state index in [-0.39, 0.29) is 5.56 Å². The predicted molar refractivity (Wildman–Crippen MR) is 91.1 cm³/mol. The molecule has 1 atom stereocenters. The lowest BCUT2D eigenvalue weighted by molar-refractivity contribution is 0.407. The lowest BCUT2D eigenvalue weighted by Gasteiger charge is -2.17. The minimum Gasteiger partial charge on any atom is -0.496 e. The Morgan fingerprint density at radius 3 is 3.00 bits per heavy atom. The number of aryl methyl sites for hydroxylation is 2. The maximum Gasteiger partial charge on any atom is 0.293 e. The van der Waals surface area contributed by atoms with Crippen LogP contribution in [0.15, 0.2) is 41.5 Å². The van der Waals surface area contributed by atoms with E-state index in [1.807, 2.05) is 12.1 Å². The SMILES string of the molecule is COc1ccccc1CCC1CCN(c2nccn(C)c2=O)C1. The number of para-hydroxylation sites is 1. The molecule has 1 aliphatic heterocycles. The molecular weight excluding hydrogens is 290 g/mol. The van der Waals surface area contributed by atoms with Gasteiger partial charge in [0, 0.05) is 32.5 Å². The van der Waals surface area contributed by atoms with Crippen molar-refractivity contribution in [2.45, 2.75) is 19.3 Å². The molecule has 23 heavy (non-hydrogen) atoms. The van der Waals surface area contributed by atoms with Crippen LogP contribution in [-0.4, -0.2) is 29.8 Å². The van der Waals surface area contributed by atoms with E-state index in [4.69, 9.17) is 4.74 Å². The van der Waals surface area contributed by atoms with Crippen molar-refractivity contribution in [1.29, 1.82) is 0 Å². The molecular formula is C18H23N3O2. The summed E-state index contributed by atoms with van der Waals surface area (Å²) < 4.78 is 7.00. The van der Waals surface area contributed by atoms with E-state index in [1.54, 1.807) is 31.1 Å². The summed E-state index contributed by atoms with van der Waals surface area (Å²) >= 11 is 0. The number of methoxy groups -OCH3 is 1. The maximum absolute atomic E-state index is 12.2. The third-order valence-electron chi connectivity index (χ3n) is 4.60. The minimum atomic E-state index is -0.0159. The maximum atomic E-state index is 12.2. The molecule has 1 aliphatic rings. The highest BCUT2D eigenvalue weighted by Crippen LogP contribution is 2.26. The van der Waals surface area contributed by atoms with E-state index in [2.05, 4.69) is 22.0 Å². The summed E-state index contributed by atoms with van der Waals surface area (Å²) in [6, 6.07) is 8.18. The van der Waals surface area contributed by atoms with Gasteiger partial charge in [0.05, 0.1) is 7.11 Å². The van der Waals surface area contributed by atoms with E-state index >= 15 is 0 Å². The third kappa shape index (κ3) is 3.38. The van der Waals surface area contributed by atoms with Crippen LogP contribution in [0.3, 0.4) is 0 Å². The van der Waals surface area contributed by atoms with Gasteiger partial charge in [-0.1, -0.05) is 18.2 Å². The van der Waals surface area contributed by atoms with E-state index in [0.29, 0.717) is 11.7 Å². The summed E-state index contributed by atoms with van der Waals surface area (Å²) in [6.07, 6.45) is 6.60. The molecule has 1 aromatic heterocycles. The monoisotopic (exact) mass is 313 g/mol. The first kappa shape index (κ1) is 15.6. The van der Waals surface area contributed by atoms with Gasteiger partial charge in [0.2, 0.25) is 0 Å². The fraction of sp³-hybridized carbons (Fsp3) is 0.444. The highest BCUT2D eigenvalue weighted by molar-refractivity contribution is 5.37. The number of rotatable bonds is 5. The van der Waals surface area contributed by atoms with E-state index in [9.17, 15) is 4.79 Å². The zero-order valence-electron chi connectivity index (χ0n) is 13.7. The summed E-state index contributed by atoms with van der Waals surface area (Å²) in [6.45, 7) is 1.81. The summed E-state index contributed by atoms with van der Waals surface area (Å²) in [5.41, 5.74) is 1.24. The first-order chi connectivity index (χ1) is 11.2. The van der Waals surface area contributed by atoms with Crippen LogP contribution in [0.1, 0.15) is 18.4 Å². The Balaban J connectivity index is 1.62. The fourth-order valence-electron chi connectivity index (χ4n) is 3.23. The molecule has 1 fully saturated rings. The molecule has 1 unspecified atom stereocenters. The second kappa shape index (κ2) is 6.86. The molecule has 0 spiro atoms. The molecule has 0 saturated carbocycles. The molecule has 2 heterocycles. The number of ether oxygens (including phenoxy) is 1. The van der Waals surface area contributed by atoms with Crippen molar-refractivity contribution in [1.82, 2.24) is 9.55 Å². The number of aromatic nitrogens is 2. The Bertz CT molecular complexity index is 726. The van der Waals surface area contributed by atoms with Crippen molar-refractivity contribution in [2.24, 2.45) is 13.0 Å². The van der Waals surface area contributed by atoms with Crippen LogP contribution in [0.4, 0.5) is 5.82 Å². The van der Waals surface area contributed by atoms with Gasteiger partial charge in [-0.15, -0.1) is 0 Å². The topological polar surface area (TPSA) is 47.4 Å². The fourth-order valence-corrected chi connectivity index (χ4v) is 3.23. The van der Waals surface area contributed by atoms with Gasteiger partial charge in [-0.2, -0.15) is 0 Å². The van der Waals surface area contributed by atoms with Crippen molar-refractivity contribution in [3.8, 4) is 5.75 Å². The molecule has 0 radical (unpaired) electrons. The molecule has 1 aromatic carbocycles. The Kier molecular flexibility index (Phi) is 4.65. The number of nitrogens with zero attached hydrogens (tertiary/aromatic N) is 3. The van der Waals surface area contributed by atoms with Gasteiger partial charge in [0.15, 0.2) is 5.82 Å². The second-order valence-corrected chi connectivity index (χ2v) is 6.12. The highest BCUT2D eigenvalue weighted by atomic mass is 16.5. The Morgan fingerprint density at radius 2 is 2.17 bits per heavy atom. The molecule has 2 aromatic rings. The average Bonchev–Trinajstić information content (AvgIpc) is 3.04. The smallest absolute Gasteiger partial charge is 0.293 e. The van der Waals surface area contributed by atoms with Gasteiger partial charge in [0.1, 0.15) is 5.75 Å². The first-order valence-electron chi connectivity index (χ1n) is 8.07. The minimum absolute atomic E-state index is 0.0159. The Hall–Kier alpha value is -2.30. The van der Waals surface area contributed by atoms with Crippen LogP contribution in [0.5, 0.6) is 5.75 Å². The van der Waals surface area contributed by atoms with Crippen LogP contribution in [0.25, 0.3) is 0 Å². The lowest BCUT2D eigenvalue weighted by atomic mass is 9.98. The van der Waals surface area contributed by atoms with Crippen molar-refractivity contribution >= 4 is 5.82 Å². The third-order valence-corrected chi connectivity index (χ3v) is 4.60. The predicted octanol–water partition coefficient (Wildman–Crippen LogP) is 2.25. The molecule has 122 valence electrons. The quantitative estimate of drug-likeness (QED) is 0.849. The van der Waals surface area contributed by atoms with E-state index in [1.165, 1.54) is 5.56 Å². The first-order valence-corrected chi connectivity index (χ1v) is 8.07. The largest absolute Gasteiger partial charge is 0.496 e. The standard InChI is InChI=1S/C18H23N3O2/c1-20-12-10-19-17(18(20)22)21-11-9-14(13-21)7-8-15-5-3-4-6-16(15)23-2/h3-6,10,12,14H,7-9,11,13H2,1-2H3. The summed E-state index contributed by atoms with van der Waals surface area (Å²) in [7, 11) is 3.48. The summed E-state index contributed by atoms with van der Waals surface area (Å²) in [5, 5.41) is 0. The van der Waals surface area contributed by atoms with Crippen LogP contribution < -0.4 is 15.2 Å². The number of hydrogen-bond acceptors (Lipinski definition) is 4. The van der Waals surface area contributed by atoms with Gasteiger partial charge in [-0.3, -0.25) is 4.79 Å². The van der Waals surface area contributed by atoms with E-state index in [0.717, 1.165) is 38.1 Å². The molecule has 1 saturated heterocycles. The van der Waals surface area contributed by atoms with Crippen molar-refractivity contribution in [3.05, 3.63) is 52.6 Å². The highest BCUT2D eigenvalue weighted by Gasteiger charge is 2.25. The Morgan fingerprint density at radius 1 is 1.35 bits per heavy atom. The molecule has 3 rings (SSSR count). The number of benzene rings is 1. The zero-order valence-corrected chi connectivity index (χ0v) is 13.7. The van der Waals surface area contributed by atoms with Gasteiger partial charge in [-0.25, -0.2) is 4.98 Å². The van der Waals surface area contributed by atoms with E-state index < -0.39 is 0 Å². The number of hydrogen-bond donors (Lipinski definition) is 0. The molecule has 0 aliphatic carbocycles. The average molecular weight is 313 g/mol. The van der Waals surface area contributed by atoms with Gasteiger partial charge >= 0.3 is 0 Å². The van der Waals surface area contributed by atoms with Crippen molar-refractivity contribution < 1.29 is 4.74 Å². The van der Waals surface area contributed by atoms with Crippen molar-refractivity contribution in [2.75, 3.05) is 25.1 Å². The second-order valence-electron chi connectivity index (χ2n) is 6.12. The molecule has 0 bridgehead atoms. The van der Waals surface area contributed by atoms with Gasteiger partial charge in [-0.05, 0) is 36.8 Å². The van der Waals surface area contributed by atoms with Crippen LogP contribution >= 0.6 is 0 Å². The van der Waals surface area contributed by atoms with Crippen LogP contribution in [0, 0.1) is 5.92 Å². The molecule has 0 amide bonds. The van der Waals surface area contributed by atoms with Gasteiger partial charge < -0.3 is 14.2 Å². The lowest BCUT2D eigenvalue weighted by Crippen LogP contribution is -2.30. The van der Waals surface area contributed by atoms with Gasteiger partial charge in [0.25, 0.3) is 5.56 Å². The molecule has 0 N–H and O–H groups in total. The summed E-state index contributed by atoms with van der Waals surface area (Å²) in [4.78, 5) is 18.6. The molecule has 5 nitrogen and oxygen atoms in total. The van der Waals surface area contributed by atoms with Crippen LogP contribution in [0.2, 0.25) is 0 Å². The molecule has 5 heteroatoms.